The second-order valence-corrected chi connectivity index (χ2v) is 8.32. The molecule has 1 aromatic heterocycles. The minimum absolute atomic E-state index is 0.253. The molecule has 3 aromatic carbocycles. The number of hydrogen-bond donors (Lipinski definition) is 1. The van der Waals surface area contributed by atoms with Crippen molar-refractivity contribution in [2.24, 2.45) is 0 Å². The fraction of sp³-hybridized carbons (Fsp3) is 0.250. The molecule has 0 fully saturated rings. The van der Waals surface area contributed by atoms with E-state index in [2.05, 4.69) is 5.32 Å². The standard InChI is InChI=1S/C28H30N4O5/c1-19(31(16-17-35-2)28(34)29-20-10-9-11-21(18-20)36-3)26-30-23-13-6-5-12-22(23)27(33)32(26)24-14-7-8-15-25(24)37-4/h5-15,18-19H,16-17H2,1-4H3,(H,29,34). The smallest absolute Gasteiger partial charge is 0.322 e. The van der Waals surface area contributed by atoms with Crippen LogP contribution in [0.25, 0.3) is 16.6 Å². The number of ether oxygens (including phenoxy) is 3. The van der Waals surface area contributed by atoms with Gasteiger partial charge in [-0.25, -0.2) is 9.78 Å². The maximum Gasteiger partial charge on any atom is 0.322 e. The molecule has 2 amide bonds. The van der Waals surface area contributed by atoms with Crippen LogP contribution in [0.2, 0.25) is 0 Å². The summed E-state index contributed by atoms with van der Waals surface area (Å²) in [6.45, 7) is 2.40. The molecular weight excluding hydrogens is 472 g/mol. The topological polar surface area (TPSA) is 94.9 Å². The van der Waals surface area contributed by atoms with Crippen molar-refractivity contribution in [3.8, 4) is 17.2 Å². The molecule has 1 atom stereocenters. The van der Waals surface area contributed by atoms with Crippen molar-refractivity contribution in [1.29, 1.82) is 0 Å². The number of nitrogens with zero attached hydrogens (tertiary/aromatic N) is 3. The first-order valence-electron chi connectivity index (χ1n) is 11.8. The van der Waals surface area contributed by atoms with Gasteiger partial charge in [-0.05, 0) is 43.3 Å². The SMILES string of the molecule is COCCN(C(=O)Nc1cccc(OC)c1)C(C)c1nc2ccccc2c(=O)n1-c1ccccc1OC. The van der Waals surface area contributed by atoms with E-state index in [9.17, 15) is 9.59 Å². The van der Waals surface area contributed by atoms with Crippen molar-refractivity contribution in [2.45, 2.75) is 13.0 Å². The van der Waals surface area contributed by atoms with Crippen LogP contribution >= 0.6 is 0 Å². The normalized spacial score (nSPS) is 11.7. The number of amides is 2. The van der Waals surface area contributed by atoms with Crippen LogP contribution in [0.15, 0.2) is 77.6 Å². The Morgan fingerprint density at radius 3 is 2.51 bits per heavy atom. The summed E-state index contributed by atoms with van der Waals surface area (Å²) in [4.78, 5) is 33.8. The molecule has 0 saturated heterocycles. The Morgan fingerprint density at radius 2 is 1.76 bits per heavy atom. The van der Waals surface area contributed by atoms with Gasteiger partial charge >= 0.3 is 6.03 Å². The Bertz CT molecular complexity index is 1450. The number of urea groups is 1. The molecule has 0 spiro atoms. The summed E-state index contributed by atoms with van der Waals surface area (Å²) in [5, 5.41) is 3.39. The fourth-order valence-corrected chi connectivity index (χ4v) is 4.17. The van der Waals surface area contributed by atoms with Gasteiger partial charge in [-0.1, -0.05) is 30.3 Å². The zero-order valence-electron chi connectivity index (χ0n) is 21.3. The van der Waals surface area contributed by atoms with E-state index in [1.165, 1.54) is 4.57 Å². The lowest BCUT2D eigenvalue weighted by molar-refractivity contribution is 0.137. The van der Waals surface area contributed by atoms with Crippen LogP contribution in [0.3, 0.4) is 0 Å². The first kappa shape index (κ1) is 25.7. The minimum Gasteiger partial charge on any atom is -0.497 e. The Hall–Kier alpha value is -4.37. The van der Waals surface area contributed by atoms with E-state index in [-0.39, 0.29) is 18.1 Å². The van der Waals surface area contributed by atoms with E-state index in [1.807, 2.05) is 25.1 Å². The van der Waals surface area contributed by atoms with E-state index in [0.29, 0.717) is 46.2 Å². The van der Waals surface area contributed by atoms with Crippen LogP contribution < -0.4 is 20.3 Å². The largest absolute Gasteiger partial charge is 0.497 e. The number of hydrogen-bond acceptors (Lipinski definition) is 6. The molecule has 4 rings (SSSR count). The van der Waals surface area contributed by atoms with Gasteiger partial charge in [0.15, 0.2) is 0 Å². The average molecular weight is 503 g/mol. The summed E-state index contributed by atoms with van der Waals surface area (Å²) < 4.78 is 17.6. The van der Waals surface area contributed by atoms with Gasteiger partial charge in [0.05, 0.1) is 43.5 Å². The van der Waals surface area contributed by atoms with Crippen LogP contribution in [0.5, 0.6) is 11.5 Å². The maximum atomic E-state index is 13.8. The van der Waals surface area contributed by atoms with E-state index in [4.69, 9.17) is 19.2 Å². The summed E-state index contributed by atoms with van der Waals surface area (Å²) in [6, 6.07) is 20.5. The van der Waals surface area contributed by atoms with Gasteiger partial charge in [0.25, 0.3) is 5.56 Å². The monoisotopic (exact) mass is 502 g/mol. The molecule has 9 heteroatoms. The molecule has 1 unspecified atom stereocenters. The van der Waals surface area contributed by atoms with Crippen molar-refractivity contribution in [1.82, 2.24) is 14.5 Å². The molecule has 1 N–H and O–H groups in total. The lowest BCUT2D eigenvalue weighted by atomic mass is 10.1. The summed E-state index contributed by atoms with van der Waals surface area (Å²) in [5.41, 5.74) is 1.40. The molecule has 4 aromatic rings. The third-order valence-corrected chi connectivity index (χ3v) is 6.09. The van der Waals surface area contributed by atoms with Crippen molar-refractivity contribution in [3.63, 3.8) is 0 Å². The minimum atomic E-state index is -0.608. The van der Waals surface area contributed by atoms with Gasteiger partial charge in [-0.3, -0.25) is 9.36 Å². The van der Waals surface area contributed by atoms with Gasteiger partial charge in [-0.15, -0.1) is 0 Å². The highest BCUT2D eigenvalue weighted by Gasteiger charge is 2.28. The molecule has 37 heavy (non-hydrogen) atoms. The van der Waals surface area contributed by atoms with Crippen molar-refractivity contribution in [3.05, 3.63) is 89.0 Å². The number of fused-ring (bicyclic) bond motifs is 1. The van der Waals surface area contributed by atoms with Crippen molar-refractivity contribution in [2.75, 3.05) is 39.8 Å². The van der Waals surface area contributed by atoms with E-state index < -0.39 is 6.04 Å². The van der Waals surface area contributed by atoms with Crippen LogP contribution in [0, 0.1) is 0 Å². The Labute approximate surface area is 215 Å². The first-order valence-corrected chi connectivity index (χ1v) is 11.8. The van der Waals surface area contributed by atoms with E-state index in [1.54, 1.807) is 80.8 Å². The van der Waals surface area contributed by atoms with Crippen LogP contribution in [0.1, 0.15) is 18.8 Å². The Kier molecular flexibility index (Phi) is 8.05. The van der Waals surface area contributed by atoms with Gasteiger partial charge in [0, 0.05) is 25.4 Å². The van der Waals surface area contributed by atoms with Gasteiger partial charge < -0.3 is 24.4 Å². The fourth-order valence-electron chi connectivity index (χ4n) is 4.17. The zero-order chi connectivity index (χ0) is 26.4. The zero-order valence-corrected chi connectivity index (χ0v) is 21.3. The molecule has 0 bridgehead atoms. The first-order chi connectivity index (χ1) is 18.0. The number of benzene rings is 3. The maximum absolute atomic E-state index is 13.8. The number of carbonyl (C=O) groups excluding carboxylic acids is 1. The molecule has 0 saturated carbocycles. The molecule has 0 aliphatic carbocycles. The van der Waals surface area contributed by atoms with Crippen molar-refractivity contribution >= 4 is 22.6 Å². The number of para-hydroxylation sites is 3. The summed E-state index contributed by atoms with van der Waals surface area (Å²) >= 11 is 0. The molecule has 0 radical (unpaired) electrons. The number of aromatic nitrogens is 2. The lowest BCUT2D eigenvalue weighted by Gasteiger charge is -2.30. The molecular formula is C28H30N4O5. The number of methoxy groups -OCH3 is 3. The molecule has 192 valence electrons. The van der Waals surface area contributed by atoms with Crippen LogP contribution in [-0.4, -0.2) is 55.0 Å². The predicted molar refractivity (Wildman–Crippen MR) is 143 cm³/mol. The highest BCUT2D eigenvalue weighted by Crippen LogP contribution is 2.28. The van der Waals surface area contributed by atoms with E-state index >= 15 is 0 Å². The van der Waals surface area contributed by atoms with Gasteiger partial charge in [-0.2, -0.15) is 0 Å². The summed E-state index contributed by atoms with van der Waals surface area (Å²) in [5.74, 6) is 1.53. The second kappa shape index (κ2) is 11.6. The number of anilines is 1. The number of rotatable bonds is 9. The molecule has 9 nitrogen and oxygen atoms in total. The quantitative estimate of drug-likeness (QED) is 0.358. The highest BCUT2D eigenvalue weighted by molar-refractivity contribution is 5.90. The molecule has 0 aliphatic heterocycles. The van der Waals surface area contributed by atoms with Gasteiger partial charge in [0.1, 0.15) is 17.3 Å². The summed E-state index contributed by atoms with van der Waals surface area (Å²) in [6.07, 6.45) is 0. The third-order valence-electron chi connectivity index (χ3n) is 6.09. The Morgan fingerprint density at radius 1 is 1.00 bits per heavy atom. The molecule has 1 heterocycles. The predicted octanol–water partition coefficient (Wildman–Crippen LogP) is 4.64. The molecule has 0 aliphatic rings. The number of nitrogens with one attached hydrogen (secondary N) is 1. The van der Waals surface area contributed by atoms with Crippen LogP contribution in [-0.2, 0) is 4.74 Å². The Balaban J connectivity index is 1.84. The lowest BCUT2D eigenvalue weighted by Crippen LogP contribution is -2.41. The highest BCUT2D eigenvalue weighted by atomic mass is 16.5. The third kappa shape index (κ3) is 5.41. The number of carbonyl (C=O) groups is 1. The summed E-state index contributed by atoms with van der Waals surface area (Å²) in [7, 11) is 4.69. The van der Waals surface area contributed by atoms with E-state index in [0.717, 1.165) is 0 Å². The second-order valence-electron chi connectivity index (χ2n) is 8.32. The van der Waals surface area contributed by atoms with Crippen LogP contribution in [0.4, 0.5) is 10.5 Å². The average Bonchev–Trinajstić information content (AvgIpc) is 2.93. The van der Waals surface area contributed by atoms with Crippen molar-refractivity contribution < 1.29 is 19.0 Å². The van der Waals surface area contributed by atoms with Gasteiger partial charge in [0.2, 0.25) is 0 Å².